The molecule has 0 heterocycles. The van der Waals surface area contributed by atoms with Gasteiger partial charge in [0.1, 0.15) is 0 Å². The summed E-state index contributed by atoms with van der Waals surface area (Å²) in [5.74, 6) is 2.39. The summed E-state index contributed by atoms with van der Waals surface area (Å²) < 4.78 is 4.55. The molecule has 0 spiro atoms. The number of amides is 1. The van der Waals surface area contributed by atoms with Gasteiger partial charge in [-0.1, -0.05) is 25.2 Å². The van der Waals surface area contributed by atoms with Crippen LogP contribution in [0, 0.1) is 12.3 Å². The van der Waals surface area contributed by atoms with Gasteiger partial charge in [-0.15, -0.1) is 6.42 Å². The maximum absolute atomic E-state index is 11.5. The molecule has 4 nitrogen and oxygen atoms in total. The lowest BCUT2D eigenvalue weighted by molar-refractivity contribution is -0.140. The summed E-state index contributed by atoms with van der Waals surface area (Å²) in [6.07, 6.45) is 11.0. The van der Waals surface area contributed by atoms with E-state index in [1.165, 1.54) is 7.11 Å². The molecule has 1 amide bonds. The van der Waals surface area contributed by atoms with Crippen molar-refractivity contribution >= 4 is 11.9 Å². The molecule has 0 aliphatic rings. The van der Waals surface area contributed by atoms with Crippen LogP contribution in [-0.4, -0.2) is 37.5 Å². The van der Waals surface area contributed by atoms with E-state index in [1.807, 2.05) is 0 Å². The van der Waals surface area contributed by atoms with Crippen molar-refractivity contribution in [1.82, 2.24) is 4.90 Å². The third-order valence-corrected chi connectivity index (χ3v) is 2.75. The number of carbonyl (C=O) groups is 2. The quantitative estimate of drug-likeness (QED) is 0.358. The van der Waals surface area contributed by atoms with Crippen molar-refractivity contribution < 1.29 is 14.3 Å². The minimum absolute atomic E-state index is 0.0995. The number of hydrogen-bond donors (Lipinski definition) is 0. The highest BCUT2D eigenvalue weighted by atomic mass is 16.5. The highest BCUT2D eigenvalue weighted by Crippen LogP contribution is 2.08. The van der Waals surface area contributed by atoms with Gasteiger partial charge < -0.3 is 9.64 Å². The van der Waals surface area contributed by atoms with E-state index in [0.717, 1.165) is 32.1 Å². The van der Waals surface area contributed by atoms with Gasteiger partial charge in [0, 0.05) is 19.9 Å². The minimum atomic E-state index is -0.152. The lowest BCUT2D eigenvalue weighted by Gasteiger charge is -2.13. The number of nitrogens with zero attached hydrogens (tertiary/aromatic N) is 1. The Labute approximate surface area is 110 Å². The van der Waals surface area contributed by atoms with E-state index in [1.54, 1.807) is 11.9 Å². The van der Waals surface area contributed by atoms with E-state index < -0.39 is 0 Å². The first-order valence-corrected chi connectivity index (χ1v) is 6.36. The Balaban J connectivity index is 3.38. The van der Waals surface area contributed by atoms with Crippen LogP contribution in [0.25, 0.3) is 0 Å². The molecule has 0 saturated carbocycles. The Morgan fingerprint density at radius 3 is 2.22 bits per heavy atom. The second-order valence-electron chi connectivity index (χ2n) is 4.30. The zero-order chi connectivity index (χ0) is 13.8. The van der Waals surface area contributed by atoms with E-state index in [9.17, 15) is 9.59 Å². The molecule has 0 atom stereocenters. The fourth-order valence-electron chi connectivity index (χ4n) is 1.59. The van der Waals surface area contributed by atoms with E-state index >= 15 is 0 Å². The topological polar surface area (TPSA) is 46.6 Å². The van der Waals surface area contributed by atoms with Crippen LogP contribution >= 0.6 is 0 Å². The molecular weight excluding hydrogens is 230 g/mol. The molecular formula is C14H23NO3. The van der Waals surface area contributed by atoms with Gasteiger partial charge in [0.05, 0.1) is 13.7 Å². The lowest BCUT2D eigenvalue weighted by Crippen LogP contribution is -2.26. The highest BCUT2D eigenvalue weighted by molar-refractivity contribution is 5.76. The molecule has 0 aromatic rings. The first-order valence-electron chi connectivity index (χ1n) is 6.36. The van der Waals surface area contributed by atoms with Gasteiger partial charge in [-0.3, -0.25) is 9.59 Å². The van der Waals surface area contributed by atoms with Crippen LogP contribution < -0.4 is 0 Å². The predicted molar refractivity (Wildman–Crippen MR) is 70.8 cm³/mol. The highest BCUT2D eigenvalue weighted by Gasteiger charge is 2.06. The zero-order valence-corrected chi connectivity index (χ0v) is 11.4. The fraction of sp³-hybridized carbons (Fsp3) is 0.714. The number of ether oxygens (including phenoxy) is 1. The van der Waals surface area contributed by atoms with Gasteiger partial charge in [-0.2, -0.15) is 0 Å². The van der Waals surface area contributed by atoms with Gasteiger partial charge in [0.15, 0.2) is 0 Å². The maximum Gasteiger partial charge on any atom is 0.305 e. The number of esters is 1. The number of methoxy groups -OCH3 is 1. The van der Waals surface area contributed by atoms with Gasteiger partial charge in [0.25, 0.3) is 0 Å². The molecule has 0 unspecified atom stereocenters. The standard InChI is InChI=1S/C14H23NO3/c1-4-12-15(2)13(16)10-8-6-5-7-9-11-14(17)18-3/h1H,5-12H2,2-3H3. The Kier molecular flexibility index (Phi) is 9.75. The SMILES string of the molecule is C#CCN(C)C(=O)CCCCCCCC(=O)OC. The number of hydrogen-bond acceptors (Lipinski definition) is 3. The van der Waals surface area contributed by atoms with Crippen LogP contribution in [0.4, 0.5) is 0 Å². The Morgan fingerprint density at radius 1 is 1.11 bits per heavy atom. The van der Waals surface area contributed by atoms with Crippen LogP contribution in [-0.2, 0) is 14.3 Å². The number of rotatable bonds is 9. The zero-order valence-electron chi connectivity index (χ0n) is 11.4. The van der Waals surface area contributed by atoms with E-state index in [-0.39, 0.29) is 11.9 Å². The summed E-state index contributed by atoms with van der Waals surface area (Å²) in [6.45, 7) is 0.373. The molecule has 102 valence electrons. The molecule has 0 aliphatic heterocycles. The van der Waals surface area contributed by atoms with Crippen LogP contribution in [0.15, 0.2) is 0 Å². The molecule has 0 aliphatic carbocycles. The summed E-state index contributed by atoms with van der Waals surface area (Å²) >= 11 is 0. The second-order valence-corrected chi connectivity index (χ2v) is 4.30. The van der Waals surface area contributed by atoms with Crippen molar-refractivity contribution in [2.75, 3.05) is 20.7 Å². The van der Waals surface area contributed by atoms with Crippen LogP contribution in [0.2, 0.25) is 0 Å². The third-order valence-electron chi connectivity index (χ3n) is 2.75. The largest absolute Gasteiger partial charge is 0.469 e. The summed E-state index contributed by atoms with van der Waals surface area (Å²) in [7, 11) is 3.12. The molecule has 0 rings (SSSR count). The molecule has 0 aromatic heterocycles. The second kappa shape index (κ2) is 10.6. The normalized spacial score (nSPS) is 9.61. The molecule has 0 saturated heterocycles. The van der Waals surface area contributed by atoms with Crippen molar-refractivity contribution in [1.29, 1.82) is 0 Å². The number of carbonyl (C=O) groups excluding carboxylic acids is 2. The van der Waals surface area contributed by atoms with Crippen molar-refractivity contribution in [3.63, 3.8) is 0 Å². The van der Waals surface area contributed by atoms with Gasteiger partial charge in [0.2, 0.25) is 5.91 Å². The van der Waals surface area contributed by atoms with Gasteiger partial charge in [-0.25, -0.2) is 0 Å². The summed E-state index contributed by atoms with van der Waals surface area (Å²) in [5, 5.41) is 0. The molecule has 0 aromatic carbocycles. The van der Waals surface area contributed by atoms with Gasteiger partial charge >= 0.3 is 5.97 Å². The maximum atomic E-state index is 11.5. The molecule has 0 radical (unpaired) electrons. The smallest absolute Gasteiger partial charge is 0.305 e. The van der Waals surface area contributed by atoms with Crippen molar-refractivity contribution in [3.8, 4) is 12.3 Å². The van der Waals surface area contributed by atoms with E-state index in [0.29, 0.717) is 19.4 Å². The summed E-state index contributed by atoms with van der Waals surface area (Å²) in [6, 6.07) is 0. The van der Waals surface area contributed by atoms with Gasteiger partial charge in [-0.05, 0) is 12.8 Å². The van der Waals surface area contributed by atoms with Crippen LogP contribution in [0.3, 0.4) is 0 Å². The van der Waals surface area contributed by atoms with Crippen LogP contribution in [0.1, 0.15) is 44.9 Å². The van der Waals surface area contributed by atoms with E-state index in [2.05, 4.69) is 10.7 Å². The Hall–Kier alpha value is -1.50. The summed E-state index contributed by atoms with van der Waals surface area (Å²) in [4.78, 5) is 23.9. The number of terminal acetylenes is 1. The molecule has 18 heavy (non-hydrogen) atoms. The Bertz CT molecular complexity index is 294. The molecule has 0 N–H and O–H groups in total. The fourth-order valence-corrected chi connectivity index (χ4v) is 1.59. The molecule has 0 bridgehead atoms. The average molecular weight is 253 g/mol. The predicted octanol–water partition coefficient (Wildman–Crippen LogP) is 1.98. The van der Waals surface area contributed by atoms with Crippen molar-refractivity contribution in [2.45, 2.75) is 44.9 Å². The Morgan fingerprint density at radius 2 is 1.67 bits per heavy atom. The molecule has 4 heteroatoms. The van der Waals surface area contributed by atoms with E-state index in [4.69, 9.17) is 6.42 Å². The first-order chi connectivity index (χ1) is 8.61. The monoisotopic (exact) mass is 253 g/mol. The van der Waals surface area contributed by atoms with Crippen LogP contribution in [0.5, 0.6) is 0 Å². The lowest BCUT2D eigenvalue weighted by atomic mass is 10.1. The minimum Gasteiger partial charge on any atom is -0.469 e. The molecule has 0 fully saturated rings. The third kappa shape index (κ3) is 8.63. The first kappa shape index (κ1) is 16.5. The average Bonchev–Trinajstić information content (AvgIpc) is 2.37. The van der Waals surface area contributed by atoms with Crippen molar-refractivity contribution in [3.05, 3.63) is 0 Å². The summed E-state index contributed by atoms with van der Waals surface area (Å²) in [5.41, 5.74) is 0. The van der Waals surface area contributed by atoms with Crippen molar-refractivity contribution in [2.24, 2.45) is 0 Å². The number of unbranched alkanes of at least 4 members (excludes halogenated alkanes) is 4.